The average Bonchev–Trinajstić information content (AvgIpc) is 3.71. The minimum atomic E-state index is 0.0546. The highest BCUT2D eigenvalue weighted by molar-refractivity contribution is 7.04. The molecule has 0 saturated heterocycles. The third kappa shape index (κ3) is 2.94. The lowest BCUT2D eigenvalue weighted by Gasteiger charge is -2.41. The fourth-order valence-electron chi connectivity index (χ4n) is 9.56. The smallest absolute Gasteiger partial charge is 0.251 e. The molecule has 0 atom stereocenters. The predicted molar refractivity (Wildman–Crippen MR) is 205 cm³/mol. The molecule has 0 spiro atoms. The second-order valence-electron chi connectivity index (χ2n) is 13.5. The van der Waals surface area contributed by atoms with Gasteiger partial charge in [-0.3, -0.25) is 4.90 Å². The highest BCUT2D eigenvalue weighted by Gasteiger charge is 2.49. The lowest BCUT2D eigenvalue weighted by Crippen LogP contribution is -2.63. The highest BCUT2D eigenvalue weighted by Crippen LogP contribution is 2.48. The van der Waals surface area contributed by atoms with Gasteiger partial charge in [0, 0.05) is 22.2 Å². The Hall–Kier alpha value is -5.99. The van der Waals surface area contributed by atoms with Gasteiger partial charge in [0.1, 0.15) is 5.58 Å². The van der Waals surface area contributed by atoms with Crippen molar-refractivity contribution in [1.29, 1.82) is 0 Å². The van der Waals surface area contributed by atoms with Crippen molar-refractivity contribution < 1.29 is 4.42 Å². The van der Waals surface area contributed by atoms with Gasteiger partial charge < -0.3 is 4.42 Å². The molecule has 0 radical (unpaired) electrons. The van der Waals surface area contributed by atoms with Gasteiger partial charge in [-0.1, -0.05) is 150 Å². The van der Waals surface area contributed by atoms with Gasteiger partial charge in [0.15, 0.2) is 0 Å². The summed E-state index contributed by atoms with van der Waals surface area (Å²) in [5.41, 5.74) is 14.1. The Morgan fingerprint density at radius 1 is 0.458 bits per heavy atom. The quantitative estimate of drug-likeness (QED) is 0.148. The molecule has 12 rings (SSSR count). The molecular formula is C44H25B2NO. The zero-order valence-electron chi connectivity index (χ0n) is 25.9. The fraction of sp³-hybridized carbons (Fsp3) is 0. The van der Waals surface area contributed by atoms with Crippen LogP contribution in [0.2, 0.25) is 0 Å². The molecule has 0 aliphatic carbocycles. The number of anilines is 3. The van der Waals surface area contributed by atoms with E-state index in [1.54, 1.807) is 0 Å². The number of benzene rings is 8. The second kappa shape index (κ2) is 8.87. The molecule has 0 fully saturated rings. The van der Waals surface area contributed by atoms with Crippen molar-refractivity contribution in [3.8, 4) is 11.1 Å². The van der Waals surface area contributed by atoms with Gasteiger partial charge in [-0.25, -0.2) is 0 Å². The molecule has 3 aliphatic heterocycles. The zero-order valence-corrected chi connectivity index (χ0v) is 25.9. The summed E-state index contributed by atoms with van der Waals surface area (Å²) in [7, 11) is 0. The number of nitrogens with zero attached hydrogens (tertiary/aromatic N) is 1. The molecule has 0 N–H and O–H groups in total. The van der Waals surface area contributed by atoms with Crippen molar-refractivity contribution in [2.45, 2.75) is 0 Å². The topological polar surface area (TPSA) is 16.4 Å². The van der Waals surface area contributed by atoms with Crippen LogP contribution < -0.4 is 37.7 Å². The van der Waals surface area contributed by atoms with E-state index in [1.807, 2.05) is 0 Å². The summed E-state index contributed by atoms with van der Waals surface area (Å²) < 4.78 is 7.02. The molecule has 1 aromatic heterocycles. The zero-order chi connectivity index (χ0) is 31.1. The number of rotatable bonds is 1. The molecule has 0 unspecified atom stereocenters. The Kier molecular flexibility index (Phi) is 4.65. The molecule has 218 valence electrons. The van der Waals surface area contributed by atoms with Crippen LogP contribution in [-0.4, -0.2) is 13.4 Å². The van der Waals surface area contributed by atoms with Crippen LogP contribution in [-0.2, 0) is 0 Å². The SMILES string of the molecule is c1ccc(B2c3cccc4c3N(c3cc5c6ccccc6c6ccccc6c5c5c3B4c3ccccc3-5)c3oc4ccccc4c32)cc1. The Morgan fingerprint density at radius 3 is 1.88 bits per heavy atom. The maximum absolute atomic E-state index is 7.02. The van der Waals surface area contributed by atoms with Crippen LogP contribution in [0.4, 0.5) is 17.3 Å². The van der Waals surface area contributed by atoms with Crippen molar-refractivity contribution in [3.63, 3.8) is 0 Å². The van der Waals surface area contributed by atoms with Gasteiger partial charge in [0.25, 0.3) is 6.71 Å². The van der Waals surface area contributed by atoms with Crippen LogP contribution in [0.15, 0.2) is 156 Å². The minimum absolute atomic E-state index is 0.0546. The first kappa shape index (κ1) is 25.1. The van der Waals surface area contributed by atoms with E-state index in [2.05, 4.69) is 157 Å². The van der Waals surface area contributed by atoms with Crippen LogP contribution in [0.1, 0.15) is 0 Å². The molecule has 4 heteroatoms. The Morgan fingerprint density at radius 2 is 1.06 bits per heavy atom. The summed E-state index contributed by atoms with van der Waals surface area (Å²) in [6.07, 6.45) is 0. The van der Waals surface area contributed by atoms with Crippen molar-refractivity contribution in [1.82, 2.24) is 0 Å². The normalized spacial score (nSPS) is 13.7. The van der Waals surface area contributed by atoms with Gasteiger partial charge in [-0.2, -0.15) is 0 Å². The van der Waals surface area contributed by atoms with Crippen molar-refractivity contribution >= 4 is 107 Å². The van der Waals surface area contributed by atoms with E-state index >= 15 is 0 Å². The fourth-order valence-corrected chi connectivity index (χ4v) is 9.56. The number of para-hydroxylation sites is 2. The van der Waals surface area contributed by atoms with Crippen molar-refractivity contribution in [3.05, 3.63) is 152 Å². The Bertz CT molecular complexity index is 2870. The van der Waals surface area contributed by atoms with Crippen molar-refractivity contribution in [2.75, 3.05) is 4.90 Å². The molecule has 9 aromatic rings. The lowest BCUT2D eigenvalue weighted by atomic mass is 9.31. The second-order valence-corrected chi connectivity index (χ2v) is 13.5. The maximum Gasteiger partial charge on any atom is 0.251 e. The molecule has 0 amide bonds. The third-order valence-corrected chi connectivity index (χ3v) is 11.3. The predicted octanol–water partition coefficient (Wildman–Crippen LogP) is 7.00. The first-order valence-corrected chi connectivity index (χ1v) is 16.9. The van der Waals surface area contributed by atoms with E-state index in [0.717, 1.165) is 11.5 Å². The number of furan rings is 1. The molecule has 0 saturated carbocycles. The molecule has 0 bridgehead atoms. The van der Waals surface area contributed by atoms with Gasteiger partial charge in [0.2, 0.25) is 12.6 Å². The number of hydrogen-bond acceptors (Lipinski definition) is 2. The van der Waals surface area contributed by atoms with Gasteiger partial charge in [-0.05, 0) is 72.0 Å². The first-order valence-electron chi connectivity index (χ1n) is 16.9. The van der Waals surface area contributed by atoms with Crippen LogP contribution in [0, 0.1) is 0 Å². The van der Waals surface area contributed by atoms with Gasteiger partial charge in [0.05, 0.1) is 0 Å². The Labute approximate surface area is 278 Å². The van der Waals surface area contributed by atoms with Crippen LogP contribution in [0.5, 0.6) is 0 Å². The van der Waals surface area contributed by atoms with Crippen LogP contribution >= 0.6 is 0 Å². The number of fused-ring (bicyclic) bond motifs is 16. The van der Waals surface area contributed by atoms with Crippen LogP contribution in [0.25, 0.3) is 54.4 Å². The molecular weight excluding hydrogens is 580 g/mol. The summed E-state index contributed by atoms with van der Waals surface area (Å²) in [6, 6.07) is 56.1. The lowest BCUT2D eigenvalue weighted by molar-refractivity contribution is 0.623. The van der Waals surface area contributed by atoms with Gasteiger partial charge >= 0.3 is 0 Å². The summed E-state index contributed by atoms with van der Waals surface area (Å²) in [5.74, 6) is 0.936. The molecule has 3 aliphatic rings. The minimum Gasteiger partial charge on any atom is -0.440 e. The maximum atomic E-state index is 7.02. The molecule has 8 aromatic carbocycles. The summed E-state index contributed by atoms with van der Waals surface area (Å²) in [4.78, 5) is 2.49. The third-order valence-electron chi connectivity index (χ3n) is 11.3. The molecule has 4 heterocycles. The molecule has 2 nitrogen and oxygen atoms in total. The standard InChI is InChI=1S/C44H25B2NO/c1-2-13-26(14-3-1)45-35-22-12-23-36-43(35)47(44-41(45)32-20-9-11-24-38(32)48-44)37-25-33-29-17-5-4-15-27(29)28-16-6-7-18-30(28)39(33)40-31-19-8-10-21-34(31)46(36)42(37)40/h1-25H. The largest absolute Gasteiger partial charge is 0.440 e. The number of hydrogen-bond donors (Lipinski definition) is 0. The first-order chi connectivity index (χ1) is 23.9. The monoisotopic (exact) mass is 605 g/mol. The van der Waals surface area contributed by atoms with Crippen LogP contribution in [0.3, 0.4) is 0 Å². The van der Waals surface area contributed by atoms with E-state index in [4.69, 9.17) is 4.42 Å². The average molecular weight is 605 g/mol. The highest BCUT2D eigenvalue weighted by atomic mass is 16.4. The van der Waals surface area contributed by atoms with E-state index in [-0.39, 0.29) is 13.4 Å². The van der Waals surface area contributed by atoms with Crippen molar-refractivity contribution in [2.24, 2.45) is 0 Å². The molecule has 48 heavy (non-hydrogen) atoms. The van der Waals surface area contributed by atoms with E-state index in [9.17, 15) is 0 Å². The summed E-state index contributed by atoms with van der Waals surface area (Å²) in [5, 5.41) is 9.01. The summed E-state index contributed by atoms with van der Waals surface area (Å²) >= 11 is 0. The summed E-state index contributed by atoms with van der Waals surface area (Å²) in [6.45, 7) is 0.188. The van der Waals surface area contributed by atoms with E-state index in [1.165, 1.54) is 93.0 Å². The Balaban J connectivity index is 1.31. The van der Waals surface area contributed by atoms with Gasteiger partial charge in [-0.15, -0.1) is 0 Å². The van der Waals surface area contributed by atoms with E-state index in [0.29, 0.717) is 0 Å². The van der Waals surface area contributed by atoms with E-state index < -0.39 is 0 Å².